The molecule has 3 aromatic carbocycles. The quantitative estimate of drug-likeness (QED) is 0.291. The Bertz CT molecular complexity index is 1230. The summed E-state index contributed by atoms with van der Waals surface area (Å²) < 4.78 is 34.5. The number of benzene rings is 3. The molecule has 0 spiro atoms. The van der Waals surface area contributed by atoms with Gasteiger partial charge in [0.05, 0.1) is 24.8 Å². The maximum Gasteiger partial charge on any atom is 0.255 e. The van der Waals surface area contributed by atoms with E-state index in [1.165, 1.54) is 25.5 Å². The van der Waals surface area contributed by atoms with Gasteiger partial charge in [0, 0.05) is 21.1 Å². The van der Waals surface area contributed by atoms with Gasteiger partial charge in [-0.05, 0) is 48.0 Å². The number of rotatable bonds is 9. The average molecular weight is 595 g/mol. The van der Waals surface area contributed by atoms with Gasteiger partial charge in [0.2, 0.25) is 10.0 Å². The largest absolute Gasteiger partial charge is 0.496 e. The summed E-state index contributed by atoms with van der Waals surface area (Å²) in [5.74, 6) is 0.0107. The molecule has 3 aromatic rings. The summed E-state index contributed by atoms with van der Waals surface area (Å²) in [5.41, 5.74) is 3.80. The Morgan fingerprint density at radius 3 is 2.36 bits per heavy atom. The molecule has 0 fully saturated rings. The van der Waals surface area contributed by atoms with Crippen LogP contribution in [-0.4, -0.2) is 38.5 Å². The van der Waals surface area contributed by atoms with Crippen molar-refractivity contribution < 1.29 is 17.9 Å². The number of halogens is 2. The number of hydrogen-bond acceptors (Lipinski definition) is 5. The third kappa shape index (κ3) is 6.97. The van der Waals surface area contributed by atoms with Crippen LogP contribution < -0.4 is 10.2 Å². The van der Waals surface area contributed by atoms with Gasteiger partial charge in [0.1, 0.15) is 5.75 Å². The summed E-state index contributed by atoms with van der Waals surface area (Å²) in [6, 6.07) is 20.7. The highest BCUT2D eigenvalue weighted by atomic mass is 79.9. The second kappa shape index (κ2) is 11.6. The lowest BCUT2D eigenvalue weighted by atomic mass is 10.2. The fraction of sp³-hybridized carbons (Fsp3) is 0.130. The van der Waals surface area contributed by atoms with Crippen molar-refractivity contribution in [1.29, 1.82) is 0 Å². The Morgan fingerprint density at radius 2 is 1.70 bits per heavy atom. The maximum absolute atomic E-state index is 13.3. The minimum Gasteiger partial charge on any atom is -0.496 e. The topological polar surface area (TPSA) is 88.1 Å². The molecule has 0 aliphatic heterocycles. The summed E-state index contributed by atoms with van der Waals surface area (Å²) in [6.45, 7) is -0.365. The van der Waals surface area contributed by atoms with Crippen LogP contribution in [0.15, 0.2) is 91.7 Å². The van der Waals surface area contributed by atoms with Crippen molar-refractivity contribution in [1.82, 2.24) is 9.73 Å². The molecule has 33 heavy (non-hydrogen) atoms. The molecule has 0 saturated carbocycles. The highest BCUT2D eigenvalue weighted by Crippen LogP contribution is 2.22. The molecule has 10 heteroatoms. The molecule has 7 nitrogen and oxygen atoms in total. The molecule has 0 atom stereocenters. The number of sulfonamides is 1. The van der Waals surface area contributed by atoms with Crippen LogP contribution in [0, 0.1) is 0 Å². The highest BCUT2D eigenvalue weighted by molar-refractivity contribution is 9.10. The lowest BCUT2D eigenvalue weighted by Crippen LogP contribution is -2.39. The van der Waals surface area contributed by atoms with Gasteiger partial charge in [0.15, 0.2) is 0 Å². The third-order valence-electron chi connectivity index (χ3n) is 4.56. The standard InChI is InChI=1S/C23H21Br2N3O4S/c1-32-22-12-9-20(25)13-18(22)14-26-27-23(29)16-28(15-17-5-3-2-4-6-17)33(30,31)21-10-7-19(24)8-11-21/h2-14H,15-16H2,1H3,(H,27,29)/b26-14-. The van der Waals surface area contributed by atoms with Crippen molar-refractivity contribution in [2.45, 2.75) is 11.4 Å². The van der Waals surface area contributed by atoms with E-state index in [4.69, 9.17) is 4.74 Å². The fourth-order valence-electron chi connectivity index (χ4n) is 2.94. The maximum atomic E-state index is 13.3. The van der Waals surface area contributed by atoms with Gasteiger partial charge < -0.3 is 4.74 Å². The van der Waals surface area contributed by atoms with Crippen molar-refractivity contribution in [3.8, 4) is 5.75 Å². The van der Waals surface area contributed by atoms with Gasteiger partial charge in [-0.15, -0.1) is 0 Å². The molecule has 0 saturated heterocycles. The Kier molecular flexibility index (Phi) is 8.79. The van der Waals surface area contributed by atoms with E-state index in [9.17, 15) is 13.2 Å². The number of nitrogens with zero attached hydrogens (tertiary/aromatic N) is 2. The smallest absolute Gasteiger partial charge is 0.255 e. The van der Waals surface area contributed by atoms with Crippen molar-refractivity contribution in [3.63, 3.8) is 0 Å². The number of hydrogen-bond donors (Lipinski definition) is 1. The molecule has 172 valence electrons. The molecular formula is C23H21Br2N3O4S. The van der Waals surface area contributed by atoms with Crippen LogP contribution in [0.4, 0.5) is 0 Å². The molecule has 0 aromatic heterocycles. The second-order valence-corrected chi connectivity index (χ2v) is 10.7. The van der Waals surface area contributed by atoms with Crippen LogP contribution in [0.2, 0.25) is 0 Å². The van der Waals surface area contributed by atoms with Crippen LogP contribution in [0.1, 0.15) is 11.1 Å². The first kappa shape index (κ1) is 25.1. The number of hydrazone groups is 1. The van der Waals surface area contributed by atoms with Crippen molar-refractivity contribution >= 4 is 54.0 Å². The van der Waals surface area contributed by atoms with E-state index in [0.717, 1.165) is 18.8 Å². The van der Waals surface area contributed by atoms with Crippen LogP contribution in [0.5, 0.6) is 5.75 Å². The Balaban J connectivity index is 1.79. The minimum atomic E-state index is -3.93. The number of amides is 1. The SMILES string of the molecule is COc1ccc(Br)cc1/C=N\NC(=O)CN(Cc1ccccc1)S(=O)(=O)c1ccc(Br)cc1. The molecule has 0 aliphatic rings. The van der Waals surface area contributed by atoms with Crippen molar-refractivity contribution in [2.24, 2.45) is 5.10 Å². The monoisotopic (exact) mass is 593 g/mol. The summed E-state index contributed by atoms with van der Waals surface area (Å²) >= 11 is 6.68. The van der Waals surface area contributed by atoms with E-state index in [1.807, 2.05) is 24.3 Å². The molecule has 3 rings (SSSR count). The van der Waals surface area contributed by atoms with E-state index >= 15 is 0 Å². The molecular weight excluding hydrogens is 574 g/mol. The first-order valence-electron chi connectivity index (χ1n) is 9.74. The van der Waals surface area contributed by atoms with Gasteiger partial charge >= 0.3 is 0 Å². The summed E-state index contributed by atoms with van der Waals surface area (Å²) in [7, 11) is -2.40. The van der Waals surface area contributed by atoms with Crippen molar-refractivity contribution in [3.05, 3.63) is 92.9 Å². The van der Waals surface area contributed by atoms with Gasteiger partial charge in [0.25, 0.3) is 5.91 Å². The molecule has 1 N–H and O–H groups in total. The summed E-state index contributed by atoms with van der Waals surface area (Å²) in [6.07, 6.45) is 1.44. The van der Waals surface area contributed by atoms with Gasteiger partial charge in [-0.25, -0.2) is 13.8 Å². The Morgan fingerprint density at radius 1 is 1.03 bits per heavy atom. The predicted molar refractivity (Wildman–Crippen MR) is 135 cm³/mol. The van der Waals surface area contributed by atoms with E-state index in [1.54, 1.807) is 36.4 Å². The second-order valence-electron chi connectivity index (χ2n) is 6.89. The van der Waals surface area contributed by atoms with E-state index < -0.39 is 22.5 Å². The van der Waals surface area contributed by atoms with Gasteiger partial charge in [-0.3, -0.25) is 4.79 Å². The highest BCUT2D eigenvalue weighted by Gasteiger charge is 2.27. The zero-order chi connectivity index (χ0) is 23.8. The molecule has 0 aliphatic carbocycles. The fourth-order valence-corrected chi connectivity index (χ4v) is 4.97. The third-order valence-corrected chi connectivity index (χ3v) is 7.39. The van der Waals surface area contributed by atoms with E-state index in [2.05, 4.69) is 42.4 Å². The number of carbonyl (C=O) groups is 1. The van der Waals surface area contributed by atoms with E-state index in [0.29, 0.717) is 11.3 Å². The van der Waals surface area contributed by atoms with E-state index in [-0.39, 0.29) is 11.4 Å². The lowest BCUT2D eigenvalue weighted by molar-refractivity contribution is -0.121. The van der Waals surface area contributed by atoms with Crippen LogP contribution in [0.3, 0.4) is 0 Å². The number of methoxy groups -OCH3 is 1. The lowest BCUT2D eigenvalue weighted by Gasteiger charge is -2.21. The first-order valence-corrected chi connectivity index (χ1v) is 12.8. The molecule has 0 radical (unpaired) electrons. The Labute approximate surface area is 209 Å². The van der Waals surface area contributed by atoms with Crippen LogP contribution >= 0.6 is 31.9 Å². The summed E-state index contributed by atoms with van der Waals surface area (Å²) in [5, 5.41) is 3.96. The summed E-state index contributed by atoms with van der Waals surface area (Å²) in [4.78, 5) is 12.7. The number of carbonyl (C=O) groups excluding carboxylic acids is 1. The number of ether oxygens (including phenoxy) is 1. The normalized spacial score (nSPS) is 11.6. The van der Waals surface area contributed by atoms with Crippen LogP contribution in [0.25, 0.3) is 0 Å². The zero-order valence-corrected chi connectivity index (χ0v) is 21.6. The molecule has 0 heterocycles. The van der Waals surface area contributed by atoms with Gasteiger partial charge in [-0.1, -0.05) is 62.2 Å². The minimum absolute atomic E-state index is 0.0375. The molecule has 0 bridgehead atoms. The Hall–Kier alpha value is -2.53. The van der Waals surface area contributed by atoms with Crippen molar-refractivity contribution in [2.75, 3.05) is 13.7 Å². The van der Waals surface area contributed by atoms with Crippen LogP contribution in [-0.2, 0) is 21.4 Å². The first-order chi connectivity index (χ1) is 15.8. The molecule has 0 unspecified atom stereocenters. The predicted octanol–water partition coefficient (Wildman–Crippen LogP) is 4.56. The van der Waals surface area contributed by atoms with Gasteiger partial charge in [-0.2, -0.15) is 9.41 Å². The zero-order valence-electron chi connectivity index (χ0n) is 17.6. The molecule has 1 amide bonds. The average Bonchev–Trinajstić information content (AvgIpc) is 2.80. The number of nitrogens with one attached hydrogen (secondary N) is 1.